The van der Waals surface area contributed by atoms with E-state index in [1.54, 1.807) is 0 Å². The quantitative estimate of drug-likeness (QED) is 0.826. The fraction of sp³-hybridized carbons (Fsp3) is 0.667. The molecule has 4 heterocycles. The zero-order valence-corrected chi connectivity index (χ0v) is 15.7. The number of aromatic nitrogens is 5. The van der Waals surface area contributed by atoms with Gasteiger partial charge in [-0.25, -0.2) is 0 Å². The minimum Gasteiger partial charge on any atom is -0.378 e. The molecule has 2 aromatic rings. The number of rotatable bonds is 5. The van der Waals surface area contributed by atoms with E-state index in [-0.39, 0.29) is 0 Å². The van der Waals surface area contributed by atoms with Crippen LogP contribution in [0.25, 0.3) is 0 Å². The summed E-state index contributed by atoms with van der Waals surface area (Å²) < 4.78 is 5.47. The maximum atomic E-state index is 5.47. The van der Waals surface area contributed by atoms with E-state index in [1.165, 1.54) is 31.4 Å². The molecule has 144 valence electrons. The van der Waals surface area contributed by atoms with Crippen LogP contribution in [0.3, 0.4) is 0 Å². The summed E-state index contributed by atoms with van der Waals surface area (Å²) in [5, 5.41) is 10.8. The Kier molecular flexibility index (Phi) is 4.31. The van der Waals surface area contributed by atoms with Crippen LogP contribution < -0.4 is 15.1 Å². The summed E-state index contributed by atoms with van der Waals surface area (Å²) in [5.74, 6) is 3.40. The normalized spacial score (nSPS) is 23.1. The van der Waals surface area contributed by atoms with Crippen LogP contribution >= 0.6 is 0 Å². The summed E-state index contributed by atoms with van der Waals surface area (Å²) in [6, 6.07) is 2.51. The van der Waals surface area contributed by atoms with E-state index in [1.807, 2.05) is 0 Å². The Morgan fingerprint density at radius 3 is 2.63 bits per heavy atom. The van der Waals surface area contributed by atoms with Gasteiger partial charge in [-0.1, -0.05) is 0 Å². The SMILES string of the molecule is C[C@H]1CCCN1c1nc(Nc2cc(C3CC3)[nH]n2)nc(N2CCOCC2)n1. The summed E-state index contributed by atoms with van der Waals surface area (Å²) >= 11 is 0. The number of hydrogen-bond donors (Lipinski definition) is 2. The molecule has 3 fully saturated rings. The monoisotopic (exact) mass is 370 g/mol. The maximum absolute atomic E-state index is 5.47. The van der Waals surface area contributed by atoms with Crippen LogP contribution in [0.4, 0.5) is 23.7 Å². The molecule has 27 heavy (non-hydrogen) atoms. The number of nitrogens with one attached hydrogen (secondary N) is 2. The van der Waals surface area contributed by atoms with Crippen molar-refractivity contribution >= 4 is 23.7 Å². The van der Waals surface area contributed by atoms with E-state index in [0.717, 1.165) is 31.4 Å². The zero-order chi connectivity index (χ0) is 18.2. The second-order valence-corrected chi connectivity index (χ2v) is 7.65. The van der Waals surface area contributed by atoms with Gasteiger partial charge in [0.25, 0.3) is 0 Å². The average molecular weight is 370 g/mol. The van der Waals surface area contributed by atoms with Gasteiger partial charge in [-0.05, 0) is 32.6 Å². The van der Waals surface area contributed by atoms with Crippen LogP contribution in [-0.2, 0) is 4.74 Å². The van der Waals surface area contributed by atoms with Crippen LogP contribution in [0.15, 0.2) is 6.07 Å². The van der Waals surface area contributed by atoms with Crippen LogP contribution in [0.5, 0.6) is 0 Å². The summed E-state index contributed by atoms with van der Waals surface area (Å²) in [6.07, 6.45) is 4.83. The van der Waals surface area contributed by atoms with Crippen molar-refractivity contribution in [3.63, 3.8) is 0 Å². The van der Waals surface area contributed by atoms with Gasteiger partial charge in [-0.2, -0.15) is 20.1 Å². The summed E-state index contributed by atoms with van der Waals surface area (Å²) in [4.78, 5) is 18.6. The molecule has 0 aromatic carbocycles. The molecule has 1 saturated carbocycles. The van der Waals surface area contributed by atoms with Crippen LogP contribution in [-0.4, -0.2) is 64.0 Å². The maximum Gasteiger partial charge on any atom is 0.235 e. The van der Waals surface area contributed by atoms with Gasteiger partial charge < -0.3 is 19.9 Å². The lowest BCUT2D eigenvalue weighted by molar-refractivity contribution is 0.122. The minimum absolute atomic E-state index is 0.449. The van der Waals surface area contributed by atoms with Crippen LogP contribution in [0, 0.1) is 0 Å². The Morgan fingerprint density at radius 2 is 1.89 bits per heavy atom. The first-order valence-electron chi connectivity index (χ1n) is 9.94. The molecule has 1 aliphatic carbocycles. The Labute approximate surface area is 158 Å². The molecule has 0 unspecified atom stereocenters. The van der Waals surface area contributed by atoms with E-state index in [9.17, 15) is 0 Å². The predicted molar refractivity (Wildman–Crippen MR) is 103 cm³/mol. The topological polar surface area (TPSA) is 95.1 Å². The fourth-order valence-corrected chi connectivity index (χ4v) is 3.79. The lowest BCUT2D eigenvalue weighted by atomic mass is 10.2. The van der Waals surface area contributed by atoms with Gasteiger partial charge in [-0.15, -0.1) is 0 Å². The Morgan fingerprint density at radius 1 is 1.07 bits per heavy atom. The molecule has 0 spiro atoms. The molecule has 0 bridgehead atoms. The van der Waals surface area contributed by atoms with Gasteiger partial charge in [0.1, 0.15) is 0 Å². The number of aromatic amines is 1. The first kappa shape index (κ1) is 16.7. The van der Waals surface area contributed by atoms with Crippen molar-refractivity contribution in [1.82, 2.24) is 25.1 Å². The van der Waals surface area contributed by atoms with Crippen LogP contribution in [0.1, 0.15) is 44.2 Å². The van der Waals surface area contributed by atoms with Crippen molar-refractivity contribution < 1.29 is 4.74 Å². The third-order valence-corrected chi connectivity index (χ3v) is 5.57. The van der Waals surface area contributed by atoms with Crippen molar-refractivity contribution in [3.8, 4) is 0 Å². The molecule has 1 atom stereocenters. The molecule has 9 nitrogen and oxygen atoms in total. The van der Waals surface area contributed by atoms with E-state index in [2.05, 4.69) is 43.3 Å². The number of morpholine rings is 1. The number of hydrogen-bond acceptors (Lipinski definition) is 8. The van der Waals surface area contributed by atoms with Crippen molar-refractivity contribution in [2.24, 2.45) is 0 Å². The molecule has 0 radical (unpaired) electrons. The van der Waals surface area contributed by atoms with Crippen molar-refractivity contribution in [2.75, 3.05) is 48.0 Å². The average Bonchev–Trinajstić information content (AvgIpc) is 3.29. The summed E-state index contributed by atoms with van der Waals surface area (Å²) in [5.41, 5.74) is 1.19. The number of anilines is 4. The van der Waals surface area contributed by atoms with Crippen molar-refractivity contribution in [1.29, 1.82) is 0 Å². The van der Waals surface area contributed by atoms with Gasteiger partial charge in [0.05, 0.1) is 13.2 Å². The third-order valence-electron chi connectivity index (χ3n) is 5.57. The van der Waals surface area contributed by atoms with Gasteiger partial charge in [0.2, 0.25) is 17.8 Å². The van der Waals surface area contributed by atoms with Crippen molar-refractivity contribution in [3.05, 3.63) is 11.8 Å². The van der Waals surface area contributed by atoms with Gasteiger partial charge in [0, 0.05) is 43.4 Å². The van der Waals surface area contributed by atoms with Crippen molar-refractivity contribution in [2.45, 2.75) is 44.6 Å². The molecular formula is C18H26N8O. The first-order valence-corrected chi connectivity index (χ1v) is 9.94. The highest BCUT2D eigenvalue weighted by atomic mass is 16.5. The lowest BCUT2D eigenvalue weighted by Gasteiger charge is -2.28. The number of H-pyrrole nitrogens is 1. The lowest BCUT2D eigenvalue weighted by Crippen LogP contribution is -2.38. The molecule has 2 saturated heterocycles. The third kappa shape index (κ3) is 3.55. The number of nitrogens with zero attached hydrogens (tertiary/aromatic N) is 6. The molecule has 9 heteroatoms. The second-order valence-electron chi connectivity index (χ2n) is 7.65. The highest BCUT2D eigenvalue weighted by Crippen LogP contribution is 2.39. The molecule has 0 amide bonds. The number of ether oxygens (including phenoxy) is 1. The highest BCUT2D eigenvalue weighted by molar-refractivity contribution is 5.54. The molecule has 2 aliphatic heterocycles. The summed E-state index contributed by atoms with van der Waals surface area (Å²) in [6.45, 7) is 6.22. The molecule has 5 rings (SSSR count). The highest BCUT2D eigenvalue weighted by Gasteiger charge is 2.27. The Hall–Kier alpha value is -2.42. The molecule has 3 aliphatic rings. The van der Waals surface area contributed by atoms with Gasteiger partial charge in [-0.3, -0.25) is 5.10 Å². The van der Waals surface area contributed by atoms with E-state index < -0.39 is 0 Å². The van der Waals surface area contributed by atoms with Gasteiger partial charge >= 0.3 is 0 Å². The standard InChI is InChI=1S/C18H26N8O/c1-12-3-2-6-26(12)18-21-16(19-15-11-14(23-24-15)13-4-5-13)20-17(22-18)25-7-9-27-10-8-25/h11-13H,2-10H2,1H3,(H2,19,20,21,22,23,24)/t12-/m0/s1. The fourth-order valence-electron chi connectivity index (χ4n) is 3.79. The first-order chi connectivity index (χ1) is 13.3. The van der Waals surface area contributed by atoms with Gasteiger partial charge in [0.15, 0.2) is 5.82 Å². The molecular weight excluding hydrogens is 344 g/mol. The largest absolute Gasteiger partial charge is 0.378 e. The molecule has 2 N–H and O–H groups in total. The smallest absolute Gasteiger partial charge is 0.235 e. The Bertz CT molecular complexity index is 798. The van der Waals surface area contributed by atoms with E-state index in [0.29, 0.717) is 37.1 Å². The predicted octanol–water partition coefficient (Wildman–Crippen LogP) is 2.04. The summed E-state index contributed by atoms with van der Waals surface area (Å²) in [7, 11) is 0. The Balaban J connectivity index is 1.44. The second kappa shape index (κ2) is 6.95. The van der Waals surface area contributed by atoms with E-state index >= 15 is 0 Å². The van der Waals surface area contributed by atoms with Crippen LogP contribution in [0.2, 0.25) is 0 Å². The molecule has 2 aromatic heterocycles. The zero-order valence-electron chi connectivity index (χ0n) is 15.7. The minimum atomic E-state index is 0.449. The van der Waals surface area contributed by atoms with E-state index in [4.69, 9.17) is 14.7 Å².